The molecule has 0 saturated heterocycles. The number of hydrogen-bond donors (Lipinski definition) is 0. The van der Waals surface area contributed by atoms with Gasteiger partial charge in [0.25, 0.3) is 0 Å². The number of ketones is 1. The summed E-state index contributed by atoms with van der Waals surface area (Å²) < 4.78 is 22.4. The summed E-state index contributed by atoms with van der Waals surface area (Å²) in [6.07, 6.45) is 3.55. The fraction of sp³-hybridized carbons (Fsp3) is 0.143. The maximum atomic E-state index is 12.9. The minimum atomic E-state index is -0.383. The molecule has 0 bridgehead atoms. The van der Waals surface area contributed by atoms with Gasteiger partial charge in [-0.3, -0.25) is 4.79 Å². The zero-order valence-corrected chi connectivity index (χ0v) is 18.7. The zero-order valence-electron chi connectivity index (χ0n) is 18.7. The van der Waals surface area contributed by atoms with Crippen molar-refractivity contribution in [3.63, 3.8) is 0 Å². The molecule has 6 heteroatoms. The number of benzene rings is 3. The Labute approximate surface area is 197 Å². The van der Waals surface area contributed by atoms with E-state index in [1.54, 1.807) is 48.5 Å². The summed E-state index contributed by atoms with van der Waals surface area (Å²) in [5.74, 6) is 1.55. The van der Waals surface area contributed by atoms with Crippen LogP contribution < -0.4 is 14.2 Å². The second-order valence-electron chi connectivity index (χ2n) is 8.02. The Hall–Kier alpha value is -4.32. The molecule has 34 heavy (non-hydrogen) atoms. The predicted molar refractivity (Wildman–Crippen MR) is 126 cm³/mol. The van der Waals surface area contributed by atoms with Crippen LogP contribution in [0.1, 0.15) is 38.8 Å². The van der Waals surface area contributed by atoms with Crippen LogP contribution in [0, 0.1) is 0 Å². The second-order valence-corrected chi connectivity index (χ2v) is 8.02. The molecule has 0 fully saturated rings. The van der Waals surface area contributed by atoms with Gasteiger partial charge in [-0.05, 0) is 60.5 Å². The molecule has 3 aromatic carbocycles. The molecule has 1 atom stereocenters. The third-order valence-electron chi connectivity index (χ3n) is 5.73. The lowest BCUT2D eigenvalue weighted by Crippen LogP contribution is -2.18. The molecule has 0 aromatic heterocycles. The van der Waals surface area contributed by atoms with Crippen molar-refractivity contribution in [1.82, 2.24) is 0 Å². The molecule has 0 N–H and O–H groups in total. The Kier molecular flexibility index (Phi) is 5.64. The van der Waals surface area contributed by atoms with Gasteiger partial charge in [0.2, 0.25) is 5.78 Å². The topological polar surface area (TPSA) is 71.1 Å². The van der Waals surface area contributed by atoms with Crippen molar-refractivity contribution in [3.05, 3.63) is 106 Å². The molecule has 0 spiro atoms. The monoisotopic (exact) mass is 454 g/mol. The lowest BCUT2D eigenvalue weighted by Gasteiger charge is -2.22. The molecular weight excluding hydrogens is 432 g/mol. The van der Waals surface area contributed by atoms with E-state index in [0.29, 0.717) is 29.2 Å². The van der Waals surface area contributed by atoms with Gasteiger partial charge in [0.05, 0.1) is 18.2 Å². The Balaban J connectivity index is 1.30. The van der Waals surface area contributed by atoms with E-state index < -0.39 is 0 Å². The number of ether oxygens (including phenoxy) is 4. The number of para-hydroxylation sites is 1. The van der Waals surface area contributed by atoms with E-state index in [0.717, 1.165) is 22.4 Å². The Morgan fingerprint density at radius 3 is 2.62 bits per heavy atom. The molecule has 0 amide bonds. The lowest BCUT2D eigenvalue weighted by atomic mass is 10.0. The number of methoxy groups -OCH3 is 1. The highest BCUT2D eigenvalue weighted by Gasteiger charge is 2.29. The van der Waals surface area contributed by atoms with E-state index in [-0.39, 0.29) is 23.6 Å². The molecule has 2 aliphatic rings. The van der Waals surface area contributed by atoms with Crippen molar-refractivity contribution in [2.75, 3.05) is 7.11 Å². The molecule has 0 radical (unpaired) electrons. The van der Waals surface area contributed by atoms with Crippen LogP contribution in [0.15, 0.2) is 84.1 Å². The van der Waals surface area contributed by atoms with E-state index in [1.807, 2.05) is 37.3 Å². The van der Waals surface area contributed by atoms with E-state index >= 15 is 0 Å². The highest BCUT2D eigenvalue weighted by Crippen LogP contribution is 2.36. The summed E-state index contributed by atoms with van der Waals surface area (Å²) in [5.41, 5.74) is 3.69. The first-order chi connectivity index (χ1) is 16.5. The van der Waals surface area contributed by atoms with Gasteiger partial charge in [0, 0.05) is 11.6 Å². The molecule has 1 unspecified atom stereocenters. The first kappa shape index (κ1) is 21.5. The van der Waals surface area contributed by atoms with Gasteiger partial charge in [0.15, 0.2) is 5.76 Å². The molecule has 3 aromatic rings. The van der Waals surface area contributed by atoms with Gasteiger partial charge in [-0.2, -0.15) is 0 Å². The number of fused-ring (bicyclic) bond motifs is 2. The number of hydrogen-bond acceptors (Lipinski definition) is 6. The minimum absolute atomic E-state index is 0.174. The fourth-order valence-corrected chi connectivity index (χ4v) is 3.85. The quantitative estimate of drug-likeness (QED) is 0.381. The van der Waals surface area contributed by atoms with Gasteiger partial charge in [-0.25, -0.2) is 4.79 Å². The van der Waals surface area contributed by atoms with Crippen LogP contribution in [0.5, 0.6) is 17.2 Å². The third kappa shape index (κ3) is 4.18. The Morgan fingerprint density at radius 1 is 1.03 bits per heavy atom. The predicted octanol–water partition coefficient (Wildman–Crippen LogP) is 5.38. The van der Waals surface area contributed by atoms with Gasteiger partial charge < -0.3 is 18.9 Å². The van der Waals surface area contributed by atoms with Crippen LogP contribution in [-0.4, -0.2) is 25.0 Å². The van der Waals surface area contributed by atoms with E-state index in [4.69, 9.17) is 18.9 Å². The summed E-state index contributed by atoms with van der Waals surface area (Å²) >= 11 is 0. The molecule has 170 valence electrons. The van der Waals surface area contributed by atoms with Crippen molar-refractivity contribution >= 4 is 17.8 Å². The first-order valence-electron chi connectivity index (χ1n) is 10.9. The number of allylic oxidation sites excluding steroid dienone is 1. The van der Waals surface area contributed by atoms with Crippen LogP contribution >= 0.6 is 0 Å². The second kappa shape index (κ2) is 8.90. The van der Waals surface area contributed by atoms with Gasteiger partial charge in [-0.1, -0.05) is 30.3 Å². The average Bonchev–Trinajstić information content (AvgIpc) is 3.17. The summed E-state index contributed by atoms with van der Waals surface area (Å²) in [7, 11) is 1.35. The summed E-state index contributed by atoms with van der Waals surface area (Å²) in [6.45, 7) is 2.24. The molecule has 6 nitrogen and oxygen atoms in total. The van der Waals surface area contributed by atoms with Crippen LogP contribution in [-0.2, 0) is 11.3 Å². The number of carbonyl (C=O) groups excluding carboxylic acids is 2. The summed E-state index contributed by atoms with van der Waals surface area (Å²) in [4.78, 5) is 24.4. The number of esters is 1. The highest BCUT2D eigenvalue weighted by molar-refractivity contribution is 6.12. The highest BCUT2D eigenvalue weighted by atomic mass is 16.5. The van der Waals surface area contributed by atoms with Crippen molar-refractivity contribution in [2.45, 2.75) is 19.6 Å². The fourth-order valence-electron chi connectivity index (χ4n) is 3.85. The van der Waals surface area contributed by atoms with Crippen LogP contribution in [0.25, 0.3) is 6.08 Å². The van der Waals surface area contributed by atoms with E-state index in [9.17, 15) is 9.59 Å². The summed E-state index contributed by atoms with van der Waals surface area (Å²) in [5, 5.41) is 0. The minimum Gasteiger partial charge on any atom is -0.489 e. The van der Waals surface area contributed by atoms with Crippen molar-refractivity contribution in [2.24, 2.45) is 0 Å². The zero-order chi connectivity index (χ0) is 23.7. The van der Waals surface area contributed by atoms with Gasteiger partial charge in [-0.15, -0.1) is 0 Å². The SMILES string of the molecule is COC(=O)c1ccc(COc2ccc3c(c2)OC(=CC2=Cc4ccccc4OC2C)C3=O)cc1. The number of rotatable bonds is 5. The molecule has 2 aliphatic heterocycles. The van der Waals surface area contributed by atoms with Crippen LogP contribution in [0.4, 0.5) is 0 Å². The Bertz CT molecular complexity index is 1330. The maximum Gasteiger partial charge on any atom is 0.337 e. The number of Topliss-reactive ketones (excluding diaryl/α,β-unsaturated/α-hetero) is 1. The van der Waals surface area contributed by atoms with Crippen molar-refractivity contribution in [1.29, 1.82) is 0 Å². The molecule has 2 heterocycles. The molecule has 0 aliphatic carbocycles. The van der Waals surface area contributed by atoms with Crippen molar-refractivity contribution in [3.8, 4) is 17.2 Å². The average molecular weight is 454 g/mol. The molecule has 5 rings (SSSR count). The smallest absolute Gasteiger partial charge is 0.337 e. The number of carbonyl (C=O) groups is 2. The standard InChI is InChI=1S/C28H22O6/c1-17-21(13-20-5-3-4-6-24(20)33-17)14-26-27(29)23-12-11-22(15-25(23)34-26)32-16-18-7-9-19(10-8-18)28(30)31-2/h3-15,17H,16H2,1-2H3. The summed E-state index contributed by atoms with van der Waals surface area (Å²) in [6, 6.07) is 19.9. The maximum absolute atomic E-state index is 12.9. The molecule has 0 saturated carbocycles. The van der Waals surface area contributed by atoms with Crippen molar-refractivity contribution < 1.29 is 28.5 Å². The van der Waals surface area contributed by atoms with Gasteiger partial charge >= 0.3 is 5.97 Å². The Morgan fingerprint density at radius 2 is 1.82 bits per heavy atom. The van der Waals surface area contributed by atoms with Gasteiger partial charge in [0.1, 0.15) is 30.0 Å². The third-order valence-corrected chi connectivity index (χ3v) is 5.73. The molecular formula is C28H22O6. The van der Waals surface area contributed by atoms with Crippen LogP contribution in [0.2, 0.25) is 0 Å². The van der Waals surface area contributed by atoms with E-state index in [1.165, 1.54) is 7.11 Å². The van der Waals surface area contributed by atoms with E-state index in [2.05, 4.69) is 0 Å². The largest absolute Gasteiger partial charge is 0.489 e. The first-order valence-corrected chi connectivity index (χ1v) is 10.9. The normalized spacial score (nSPS) is 17.2. The van der Waals surface area contributed by atoms with Crippen LogP contribution in [0.3, 0.4) is 0 Å². The lowest BCUT2D eigenvalue weighted by molar-refractivity contribution is 0.0600.